The zero-order valence-electron chi connectivity index (χ0n) is 25.0. The number of likely N-dealkylation sites (tertiary alicyclic amines) is 1. The van der Waals surface area contributed by atoms with Gasteiger partial charge in [-0.2, -0.15) is 0 Å². The molecule has 0 saturated carbocycles. The molecule has 224 valence electrons. The van der Waals surface area contributed by atoms with E-state index in [-0.39, 0.29) is 17.8 Å². The Morgan fingerprint density at radius 3 is 2.62 bits per heavy atom. The average molecular weight is 573 g/mol. The van der Waals surface area contributed by atoms with Crippen LogP contribution in [0.1, 0.15) is 26.2 Å². The van der Waals surface area contributed by atoms with E-state index in [1.807, 2.05) is 35.2 Å². The van der Waals surface area contributed by atoms with E-state index >= 15 is 0 Å². The number of phenols is 1. The Hall–Kier alpha value is -3.56. The molecule has 4 aliphatic heterocycles. The molecule has 9 heteroatoms. The number of likely N-dealkylation sites (N-methyl/N-ethyl adjacent to an activating group) is 1. The van der Waals surface area contributed by atoms with Crippen molar-refractivity contribution in [1.82, 2.24) is 19.6 Å². The van der Waals surface area contributed by atoms with E-state index in [4.69, 9.17) is 9.73 Å². The van der Waals surface area contributed by atoms with E-state index in [1.165, 1.54) is 24.5 Å². The zero-order valence-corrected chi connectivity index (χ0v) is 25.0. The van der Waals surface area contributed by atoms with Gasteiger partial charge in [-0.15, -0.1) is 0 Å². The van der Waals surface area contributed by atoms with Crippen LogP contribution in [0.5, 0.6) is 5.75 Å². The lowest BCUT2D eigenvalue weighted by Crippen LogP contribution is -2.60. The van der Waals surface area contributed by atoms with Crippen LogP contribution < -0.4 is 4.90 Å². The number of benzene rings is 2. The van der Waals surface area contributed by atoms with Gasteiger partial charge in [0.05, 0.1) is 12.2 Å². The molecule has 2 aromatic carbocycles. The Labute approximate surface area is 249 Å². The number of anilines is 1. The van der Waals surface area contributed by atoms with Crippen LogP contribution in [0.4, 0.5) is 5.69 Å². The van der Waals surface area contributed by atoms with Crippen molar-refractivity contribution >= 4 is 28.4 Å². The summed E-state index contributed by atoms with van der Waals surface area (Å²) in [6.07, 6.45) is 4.80. The molecule has 0 bridgehead atoms. The number of carbonyl (C=O) groups excluding carboxylic acids is 1. The second-order valence-corrected chi connectivity index (χ2v) is 12.1. The van der Waals surface area contributed by atoms with Gasteiger partial charge >= 0.3 is 0 Å². The van der Waals surface area contributed by atoms with Gasteiger partial charge in [0.15, 0.2) is 0 Å². The van der Waals surface area contributed by atoms with Crippen molar-refractivity contribution in [2.45, 2.75) is 32.4 Å². The van der Waals surface area contributed by atoms with Crippen molar-refractivity contribution in [3.63, 3.8) is 0 Å². The number of carbonyl (C=O) groups is 1. The molecule has 2 aromatic rings. The Kier molecular flexibility index (Phi) is 8.40. The predicted molar refractivity (Wildman–Crippen MR) is 168 cm³/mol. The van der Waals surface area contributed by atoms with Crippen LogP contribution in [0.3, 0.4) is 0 Å². The number of piperidine rings is 1. The summed E-state index contributed by atoms with van der Waals surface area (Å²) in [7, 11) is 2.09. The van der Waals surface area contributed by atoms with Crippen molar-refractivity contribution in [1.29, 1.82) is 0 Å². The third kappa shape index (κ3) is 5.85. The molecule has 4 heterocycles. The molecule has 1 unspecified atom stereocenters. The van der Waals surface area contributed by atoms with Crippen LogP contribution in [0.2, 0.25) is 0 Å². The number of phenolic OH excluding ortho intramolecular Hbond substituents is 1. The summed E-state index contributed by atoms with van der Waals surface area (Å²) < 4.78 is 6.44. The molecule has 0 radical (unpaired) electrons. The first-order chi connectivity index (χ1) is 20.4. The molecule has 0 aliphatic carbocycles. The minimum Gasteiger partial charge on any atom is -0.508 e. The third-order valence-electron chi connectivity index (χ3n) is 9.40. The fourth-order valence-corrected chi connectivity index (χ4v) is 6.89. The second kappa shape index (κ2) is 12.4. The normalized spacial score (nSPS) is 22.8. The van der Waals surface area contributed by atoms with Crippen LogP contribution in [0, 0.1) is 5.92 Å². The monoisotopic (exact) mass is 572 g/mol. The Bertz CT molecular complexity index is 1370. The van der Waals surface area contributed by atoms with Crippen LogP contribution in [0.25, 0.3) is 10.8 Å². The molecule has 0 spiro atoms. The van der Waals surface area contributed by atoms with Crippen molar-refractivity contribution in [2.75, 3.05) is 77.5 Å². The van der Waals surface area contributed by atoms with Crippen LogP contribution >= 0.6 is 0 Å². The highest BCUT2D eigenvalue weighted by Crippen LogP contribution is 2.37. The molecule has 4 aliphatic rings. The van der Waals surface area contributed by atoms with E-state index in [2.05, 4.69) is 46.2 Å². The first-order valence-corrected chi connectivity index (χ1v) is 15.4. The van der Waals surface area contributed by atoms with E-state index in [0.717, 1.165) is 73.8 Å². The SMILES string of the molecule is C=CC(=O)N1CCN(C2C3=C(CN(c4cc(O)cc5ccccc45)CC3)N=C(OCCN3CCC(C)CC3)N2C)CC1. The number of hydrogen-bond acceptors (Lipinski definition) is 8. The molecule has 1 N–H and O–H groups in total. The molecule has 42 heavy (non-hydrogen) atoms. The van der Waals surface area contributed by atoms with E-state index in [9.17, 15) is 9.90 Å². The number of hydrogen-bond donors (Lipinski definition) is 1. The van der Waals surface area contributed by atoms with Crippen LogP contribution in [0.15, 0.2) is 65.3 Å². The molecule has 6 rings (SSSR count). The molecular weight excluding hydrogens is 528 g/mol. The number of piperazine rings is 1. The number of amides is 1. The predicted octanol–water partition coefficient (Wildman–Crippen LogP) is 3.72. The highest BCUT2D eigenvalue weighted by molar-refractivity contribution is 5.96. The van der Waals surface area contributed by atoms with Gasteiger partial charge in [0.25, 0.3) is 6.02 Å². The summed E-state index contributed by atoms with van der Waals surface area (Å²) in [5, 5.41) is 12.7. The van der Waals surface area contributed by atoms with Gasteiger partial charge in [-0.25, -0.2) is 4.99 Å². The van der Waals surface area contributed by atoms with Crippen molar-refractivity contribution in [2.24, 2.45) is 10.9 Å². The molecule has 2 fully saturated rings. The molecule has 1 amide bonds. The molecule has 0 aromatic heterocycles. The third-order valence-corrected chi connectivity index (χ3v) is 9.40. The maximum Gasteiger partial charge on any atom is 0.293 e. The number of amidine groups is 1. The fraction of sp³-hybridized carbons (Fsp3) is 0.515. The summed E-state index contributed by atoms with van der Waals surface area (Å²) >= 11 is 0. The van der Waals surface area contributed by atoms with Gasteiger partial charge < -0.3 is 24.5 Å². The number of fused-ring (bicyclic) bond motifs is 1. The largest absolute Gasteiger partial charge is 0.508 e. The number of rotatable bonds is 6. The summed E-state index contributed by atoms with van der Waals surface area (Å²) in [6.45, 7) is 14.2. The van der Waals surface area contributed by atoms with E-state index < -0.39 is 0 Å². The Morgan fingerprint density at radius 1 is 1.10 bits per heavy atom. The smallest absolute Gasteiger partial charge is 0.293 e. The summed E-state index contributed by atoms with van der Waals surface area (Å²) in [5.41, 5.74) is 3.39. The number of aromatic hydroxyl groups is 1. The Morgan fingerprint density at radius 2 is 1.86 bits per heavy atom. The first-order valence-electron chi connectivity index (χ1n) is 15.4. The highest BCUT2D eigenvalue weighted by Gasteiger charge is 2.39. The van der Waals surface area contributed by atoms with Gasteiger partial charge in [0.2, 0.25) is 5.91 Å². The lowest BCUT2D eigenvalue weighted by molar-refractivity contribution is -0.128. The van der Waals surface area contributed by atoms with E-state index in [1.54, 1.807) is 0 Å². The topological polar surface area (TPSA) is 75.1 Å². The van der Waals surface area contributed by atoms with Crippen LogP contribution in [-0.4, -0.2) is 115 Å². The summed E-state index contributed by atoms with van der Waals surface area (Å²) in [4.78, 5) is 28.8. The van der Waals surface area contributed by atoms with Gasteiger partial charge in [0.1, 0.15) is 18.5 Å². The van der Waals surface area contributed by atoms with Crippen molar-refractivity contribution in [3.8, 4) is 5.75 Å². The fourth-order valence-electron chi connectivity index (χ4n) is 6.89. The molecule has 2 saturated heterocycles. The summed E-state index contributed by atoms with van der Waals surface area (Å²) in [5.74, 6) is 1.08. The number of ether oxygens (including phenoxy) is 1. The quantitative estimate of drug-likeness (QED) is 0.529. The van der Waals surface area contributed by atoms with Gasteiger partial charge in [-0.05, 0) is 61.4 Å². The highest BCUT2D eigenvalue weighted by atomic mass is 16.5. The van der Waals surface area contributed by atoms with Gasteiger partial charge in [0, 0.05) is 63.5 Å². The maximum absolute atomic E-state index is 12.3. The Balaban J connectivity index is 1.25. The number of nitrogens with zero attached hydrogens (tertiary/aromatic N) is 6. The summed E-state index contributed by atoms with van der Waals surface area (Å²) in [6, 6.07) is 12.6. The van der Waals surface area contributed by atoms with Crippen LogP contribution in [-0.2, 0) is 9.53 Å². The minimum atomic E-state index is -0.00380. The zero-order chi connectivity index (χ0) is 29.2. The molecule has 1 atom stereocenters. The van der Waals surface area contributed by atoms with E-state index in [0.29, 0.717) is 32.3 Å². The average Bonchev–Trinajstić information content (AvgIpc) is 3.01. The van der Waals surface area contributed by atoms with Crippen molar-refractivity contribution < 1.29 is 14.6 Å². The van der Waals surface area contributed by atoms with Gasteiger partial charge in [-0.1, -0.05) is 37.8 Å². The van der Waals surface area contributed by atoms with Gasteiger partial charge in [-0.3, -0.25) is 14.6 Å². The van der Waals surface area contributed by atoms with Crippen molar-refractivity contribution in [3.05, 3.63) is 60.3 Å². The lowest BCUT2D eigenvalue weighted by Gasteiger charge is -2.47. The molecular formula is C33H44N6O3. The minimum absolute atomic E-state index is 0.00380. The molecule has 9 nitrogen and oxygen atoms in total. The number of aliphatic imine (C=N–C) groups is 1. The second-order valence-electron chi connectivity index (χ2n) is 12.1. The standard InChI is InChI=1S/C33H44N6O3/c1-4-31(41)37-15-17-38(18-16-37)32-28-11-14-39(30-22-26(40)21-25-7-5-6-8-27(25)30)23-29(28)34-33(35(32)3)42-20-19-36-12-9-24(2)10-13-36/h4-8,21-22,24,32,40H,1,9-20,23H2,2-3H3. The first kappa shape index (κ1) is 28.6. The maximum atomic E-state index is 12.3. The lowest BCUT2D eigenvalue weighted by atomic mass is 9.97.